The molecule has 1 aromatic carbocycles. The van der Waals surface area contributed by atoms with Crippen LogP contribution < -0.4 is 0 Å². The van der Waals surface area contributed by atoms with E-state index in [1.54, 1.807) is 0 Å². The molecule has 1 amide bonds. The minimum absolute atomic E-state index is 0.0239. The number of aromatic nitrogens is 2. The monoisotopic (exact) mass is 297 g/mol. The maximum absolute atomic E-state index is 12.8. The van der Waals surface area contributed by atoms with Gasteiger partial charge in [-0.15, -0.1) is 0 Å². The van der Waals surface area contributed by atoms with E-state index in [1.807, 2.05) is 4.90 Å². The lowest BCUT2D eigenvalue weighted by Crippen LogP contribution is -2.34. The van der Waals surface area contributed by atoms with E-state index in [4.69, 9.17) is 4.74 Å². The van der Waals surface area contributed by atoms with Gasteiger partial charge in [0.15, 0.2) is 5.69 Å². The van der Waals surface area contributed by atoms with E-state index in [0.29, 0.717) is 18.9 Å². The van der Waals surface area contributed by atoms with E-state index >= 15 is 0 Å². The van der Waals surface area contributed by atoms with E-state index in [2.05, 4.69) is 34.5 Å². The van der Waals surface area contributed by atoms with E-state index < -0.39 is 0 Å². The highest BCUT2D eigenvalue weighted by Crippen LogP contribution is 2.21. The van der Waals surface area contributed by atoms with Gasteiger partial charge in [-0.3, -0.25) is 9.89 Å². The Bertz CT molecular complexity index is 681. The number of H-pyrrole nitrogens is 1. The molecule has 1 aromatic heterocycles. The first kappa shape index (κ1) is 13.5. The molecule has 5 nitrogen and oxygen atoms in total. The van der Waals surface area contributed by atoms with Crippen LogP contribution in [-0.4, -0.2) is 40.7 Å². The fourth-order valence-corrected chi connectivity index (χ4v) is 3.31. The summed E-state index contributed by atoms with van der Waals surface area (Å²) in [4.78, 5) is 14.7. The fraction of sp³-hybridized carbons (Fsp3) is 0.412. The first-order valence-corrected chi connectivity index (χ1v) is 7.83. The number of fused-ring (bicyclic) bond motifs is 2. The van der Waals surface area contributed by atoms with Gasteiger partial charge in [-0.25, -0.2) is 0 Å². The highest BCUT2D eigenvalue weighted by atomic mass is 16.5. The van der Waals surface area contributed by atoms with E-state index in [-0.39, 0.29) is 5.91 Å². The van der Waals surface area contributed by atoms with Crippen molar-refractivity contribution in [1.82, 2.24) is 15.1 Å². The van der Waals surface area contributed by atoms with Gasteiger partial charge in [-0.2, -0.15) is 5.10 Å². The summed E-state index contributed by atoms with van der Waals surface area (Å²) in [7, 11) is 0. The van der Waals surface area contributed by atoms with Crippen LogP contribution in [0.25, 0.3) is 0 Å². The van der Waals surface area contributed by atoms with Crippen molar-refractivity contribution in [1.29, 1.82) is 0 Å². The summed E-state index contributed by atoms with van der Waals surface area (Å²) in [5.41, 5.74) is 5.24. The van der Waals surface area contributed by atoms with Crippen LogP contribution in [0.2, 0.25) is 0 Å². The molecule has 2 aromatic rings. The molecule has 5 heteroatoms. The molecular weight excluding hydrogens is 278 g/mol. The van der Waals surface area contributed by atoms with Gasteiger partial charge in [0.25, 0.3) is 5.91 Å². The number of nitrogens with zero attached hydrogens (tertiary/aromatic N) is 2. The van der Waals surface area contributed by atoms with E-state index in [1.165, 1.54) is 11.1 Å². The van der Waals surface area contributed by atoms with Crippen molar-refractivity contribution < 1.29 is 9.53 Å². The highest BCUT2D eigenvalue weighted by molar-refractivity contribution is 5.94. The SMILES string of the molecule is O=C(c1n[nH]c2c1COCC2)N1CCc2ccccc2CC1. The molecular formula is C17H19N3O2. The summed E-state index contributed by atoms with van der Waals surface area (Å²) in [6.45, 7) is 2.68. The molecule has 0 unspecified atom stereocenters. The van der Waals surface area contributed by atoms with Crippen molar-refractivity contribution in [3.8, 4) is 0 Å². The molecule has 0 spiro atoms. The Morgan fingerprint density at radius 3 is 2.59 bits per heavy atom. The first-order chi connectivity index (χ1) is 10.8. The van der Waals surface area contributed by atoms with Gasteiger partial charge in [0.1, 0.15) is 0 Å². The third-order valence-corrected chi connectivity index (χ3v) is 4.61. The van der Waals surface area contributed by atoms with Gasteiger partial charge in [0.05, 0.1) is 13.2 Å². The van der Waals surface area contributed by atoms with Crippen molar-refractivity contribution >= 4 is 5.91 Å². The van der Waals surface area contributed by atoms with Gasteiger partial charge in [0.2, 0.25) is 0 Å². The first-order valence-electron chi connectivity index (χ1n) is 7.83. The van der Waals surface area contributed by atoms with E-state index in [9.17, 15) is 4.79 Å². The average Bonchev–Trinajstić information content (AvgIpc) is 2.87. The molecule has 2 aliphatic rings. The number of amides is 1. The van der Waals surface area contributed by atoms with Gasteiger partial charge in [-0.05, 0) is 24.0 Å². The second-order valence-electron chi connectivity index (χ2n) is 5.89. The van der Waals surface area contributed by atoms with Crippen LogP contribution in [-0.2, 0) is 30.6 Å². The number of carbonyl (C=O) groups is 1. The van der Waals surface area contributed by atoms with Crippen LogP contribution in [0, 0.1) is 0 Å². The quantitative estimate of drug-likeness (QED) is 0.872. The predicted octanol–water partition coefficient (Wildman–Crippen LogP) is 1.72. The zero-order valence-corrected chi connectivity index (χ0v) is 12.5. The molecule has 0 saturated carbocycles. The van der Waals surface area contributed by atoms with Crippen LogP contribution in [0.15, 0.2) is 24.3 Å². The topological polar surface area (TPSA) is 58.2 Å². The maximum Gasteiger partial charge on any atom is 0.274 e. The summed E-state index contributed by atoms with van der Waals surface area (Å²) in [5, 5.41) is 7.26. The predicted molar refractivity (Wildman–Crippen MR) is 81.7 cm³/mol. The number of nitrogens with one attached hydrogen (secondary N) is 1. The Labute approximate surface area is 129 Å². The van der Waals surface area contributed by atoms with Crippen molar-refractivity contribution in [2.75, 3.05) is 19.7 Å². The summed E-state index contributed by atoms with van der Waals surface area (Å²) in [5.74, 6) is 0.0239. The minimum atomic E-state index is 0.0239. The smallest absolute Gasteiger partial charge is 0.274 e. The largest absolute Gasteiger partial charge is 0.376 e. The Kier molecular flexibility index (Phi) is 3.42. The highest BCUT2D eigenvalue weighted by Gasteiger charge is 2.27. The van der Waals surface area contributed by atoms with Crippen LogP contribution in [0.3, 0.4) is 0 Å². The standard InChI is InChI=1S/C17H19N3O2/c21-17(16-14-11-22-10-7-15(14)18-19-16)20-8-5-12-3-1-2-4-13(12)6-9-20/h1-4H,5-11H2,(H,18,19). The molecule has 114 valence electrons. The molecule has 2 aliphatic heterocycles. The van der Waals surface area contributed by atoms with Crippen LogP contribution in [0.5, 0.6) is 0 Å². The summed E-state index contributed by atoms with van der Waals surface area (Å²) < 4.78 is 5.48. The maximum atomic E-state index is 12.8. The Hall–Kier alpha value is -2.14. The number of benzene rings is 1. The fourth-order valence-electron chi connectivity index (χ4n) is 3.31. The second kappa shape index (κ2) is 5.57. The van der Waals surface area contributed by atoms with Crippen LogP contribution in [0.1, 0.15) is 32.9 Å². The molecule has 22 heavy (non-hydrogen) atoms. The molecule has 1 N–H and O–H groups in total. The number of hydrogen-bond acceptors (Lipinski definition) is 3. The molecule has 0 radical (unpaired) electrons. The Morgan fingerprint density at radius 1 is 1.14 bits per heavy atom. The second-order valence-corrected chi connectivity index (χ2v) is 5.89. The lowest BCUT2D eigenvalue weighted by molar-refractivity contribution is 0.0743. The lowest BCUT2D eigenvalue weighted by Gasteiger charge is -2.20. The minimum Gasteiger partial charge on any atom is -0.376 e. The normalized spacial score (nSPS) is 17.5. The average molecular weight is 297 g/mol. The Balaban J connectivity index is 1.56. The van der Waals surface area contributed by atoms with Crippen molar-refractivity contribution in [3.05, 3.63) is 52.3 Å². The molecule has 0 aliphatic carbocycles. The van der Waals surface area contributed by atoms with Gasteiger partial charge in [-0.1, -0.05) is 24.3 Å². The van der Waals surface area contributed by atoms with Gasteiger partial charge >= 0.3 is 0 Å². The zero-order valence-electron chi connectivity index (χ0n) is 12.5. The van der Waals surface area contributed by atoms with Crippen molar-refractivity contribution in [3.63, 3.8) is 0 Å². The molecule has 0 saturated heterocycles. The summed E-state index contributed by atoms with van der Waals surface area (Å²) in [6, 6.07) is 8.45. The van der Waals surface area contributed by atoms with Crippen molar-refractivity contribution in [2.45, 2.75) is 25.9 Å². The molecule has 0 atom stereocenters. The molecule has 0 fully saturated rings. The molecule has 3 heterocycles. The number of rotatable bonds is 1. The third kappa shape index (κ3) is 2.31. The zero-order chi connectivity index (χ0) is 14.9. The van der Waals surface area contributed by atoms with Gasteiger partial charge < -0.3 is 9.64 Å². The van der Waals surface area contributed by atoms with Crippen molar-refractivity contribution in [2.24, 2.45) is 0 Å². The Morgan fingerprint density at radius 2 is 1.86 bits per heavy atom. The number of hydrogen-bond donors (Lipinski definition) is 1. The van der Waals surface area contributed by atoms with Gasteiger partial charge in [0, 0.05) is 30.8 Å². The van der Waals surface area contributed by atoms with Crippen LogP contribution >= 0.6 is 0 Å². The number of aromatic amines is 1. The summed E-state index contributed by atoms with van der Waals surface area (Å²) in [6.07, 6.45) is 2.62. The lowest BCUT2D eigenvalue weighted by atomic mass is 10.0. The third-order valence-electron chi connectivity index (χ3n) is 4.61. The molecule has 0 bridgehead atoms. The van der Waals surface area contributed by atoms with Crippen LogP contribution in [0.4, 0.5) is 0 Å². The summed E-state index contributed by atoms with van der Waals surface area (Å²) >= 11 is 0. The number of carbonyl (C=O) groups excluding carboxylic acids is 1. The molecule has 4 rings (SSSR count). The van der Waals surface area contributed by atoms with E-state index in [0.717, 1.165) is 43.6 Å². The number of ether oxygens (including phenoxy) is 1.